The predicted octanol–water partition coefficient (Wildman–Crippen LogP) is 3.58. The van der Waals surface area contributed by atoms with Gasteiger partial charge in [-0.25, -0.2) is 4.39 Å². The second-order valence-electron chi connectivity index (χ2n) is 4.34. The molecule has 0 saturated carbocycles. The maximum atomic E-state index is 13.5. The van der Waals surface area contributed by atoms with Gasteiger partial charge in [-0.15, -0.1) is 11.8 Å². The number of thioether (sulfide) groups is 1. The van der Waals surface area contributed by atoms with Crippen molar-refractivity contribution in [2.75, 3.05) is 0 Å². The zero-order valence-electron chi connectivity index (χ0n) is 11.3. The fourth-order valence-electron chi connectivity index (χ4n) is 1.81. The van der Waals surface area contributed by atoms with Crippen LogP contribution >= 0.6 is 11.8 Å². The Morgan fingerprint density at radius 1 is 1.45 bits per heavy atom. The summed E-state index contributed by atoms with van der Waals surface area (Å²) in [4.78, 5) is 16.2. The van der Waals surface area contributed by atoms with E-state index in [4.69, 9.17) is 4.52 Å². The summed E-state index contributed by atoms with van der Waals surface area (Å²) in [5, 5.41) is 3.83. The average Bonchev–Trinajstić information content (AvgIpc) is 2.87. The number of halogens is 1. The van der Waals surface area contributed by atoms with Gasteiger partial charge in [-0.2, -0.15) is 4.98 Å². The van der Waals surface area contributed by atoms with Crippen LogP contribution in [0.5, 0.6) is 0 Å². The van der Waals surface area contributed by atoms with Crippen molar-refractivity contribution in [1.82, 2.24) is 10.1 Å². The van der Waals surface area contributed by atoms with E-state index in [0.717, 1.165) is 0 Å². The van der Waals surface area contributed by atoms with Crippen LogP contribution in [0.4, 0.5) is 4.39 Å². The standard InChI is InChI=1S/C14H15FN2O2S/c1-3-10(9(2)18)14-16-13(17-19-14)8-20-12-7-5-4-6-11(12)15/h4-7,10H,3,8H2,1-2H3. The molecule has 4 nitrogen and oxygen atoms in total. The van der Waals surface area contributed by atoms with Gasteiger partial charge in [-0.05, 0) is 25.5 Å². The van der Waals surface area contributed by atoms with Gasteiger partial charge in [0.1, 0.15) is 11.6 Å². The van der Waals surface area contributed by atoms with Crippen LogP contribution in [0.3, 0.4) is 0 Å². The molecule has 20 heavy (non-hydrogen) atoms. The summed E-state index contributed by atoms with van der Waals surface area (Å²) in [7, 11) is 0. The predicted molar refractivity (Wildman–Crippen MR) is 74.0 cm³/mol. The first kappa shape index (κ1) is 14.7. The first-order valence-electron chi connectivity index (χ1n) is 6.32. The molecule has 0 aliphatic carbocycles. The van der Waals surface area contributed by atoms with Crippen molar-refractivity contribution in [2.45, 2.75) is 36.8 Å². The van der Waals surface area contributed by atoms with E-state index in [-0.39, 0.29) is 17.5 Å². The minimum Gasteiger partial charge on any atom is -0.339 e. The molecule has 106 valence electrons. The molecule has 6 heteroatoms. The van der Waals surface area contributed by atoms with Crippen LogP contribution < -0.4 is 0 Å². The van der Waals surface area contributed by atoms with Crippen LogP contribution in [-0.2, 0) is 10.5 Å². The smallest absolute Gasteiger partial charge is 0.237 e. The van der Waals surface area contributed by atoms with E-state index in [1.807, 2.05) is 6.92 Å². The third-order valence-electron chi connectivity index (χ3n) is 2.87. The number of hydrogen-bond donors (Lipinski definition) is 0. The van der Waals surface area contributed by atoms with Gasteiger partial charge in [0.05, 0.1) is 11.7 Å². The van der Waals surface area contributed by atoms with Crippen molar-refractivity contribution in [3.8, 4) is 0 Å². The normalized spacial score (nSPS) is 12.3. The maximum Gasteiger partial charge on any atom is 0.237 e. The highest BCUT2D eigenvalue weighted by Crippen LogP contribution is 2.25. The van der Waals surface area contributed by atoms with E-state index in [0.29, 0.717) is 28.8 Å². The lowest BCUT2D eigenvalue weighted by Gasteiger charge is -2.03. The minimum atomic E-state index is -0.352. The van der Waals surface area contributed by atoms with Crippen molar-refractivity contribution in [2.24, 2.45) is 0 Å². The number of rotatable bonds is 6. The SMILES string of the molecule is CCC(C(C)=O)c1nc(CSc2ccccc2F)no1. The molecule has 1 aromatic carbocycles. The van der Waals surface area contributed by atoms with Crippen molar-refractivity contribution in [3.05, 3.63) is 41.8 Å². The van der Waals surface area contributed by atoms with Crippen molar-refractivity contribution in [1.29, 1.82) is 0 Å². The fraction of sp³-hybridized carbons (Fsp3) is 0.357. The fourth-order valence-corrected chi connectivity index (χ4v) is 2.59. The second-order valence-corrected chi connectivity index (χ2v) is 5.36. The second kappa shape index (κ2) is 6.65. The highest BCUT2D eigenvalue weighted by molar-refractivity contribution is 7.98. The molecule has 2 rings (SSSR count). The summed E-state index contributed by atoms with van der Waals surface area (Å²) in [5.41, 5.74) is 0. The minimum absolute atomic E-state index is 0.00413. The Morgan fingerprint density at radius 2 is 2.20 bits per heavy atom. The molecular formula is C14H15FN2O2S. The van der Waals surface area contributed by atoms with Crippen molar-refractivity contribution >= 4 is 17.5 Å². The topological polar surface area (TPSA) is 56.0 Å². The van der Waals surface area contributed by atoms with E-state index in [2.05, 4.69) is 10.1 Å². The quantitative estimate of drug-likeness (QED) is 0.762. The Bertz CT molecular complexity index is 600. The van der Waals surface area contributed by atoms with Gasteiger partial charge in [0.2, 0.25) is 5.89 Å². The van der Waals surface area contributed by atoms with Crippen molar-refractivity contribution < 1.29 is 13.7 Å². The average molecular weight is 294 g/mol. The Balaban J connectivity index is 2.03. The molecule has 1 heterocycles. The summed E-state index contributed by atoms with van der Waals surface area (Å²) in [6.07, 6.45) is 0.622. The molecule has 1 atom stereocenters. The largest absolute Gasteiger partial charge is 0.339 e. The molecule has 0 aliphatic rings. The summed E-state index contributed by atoms with van der Waals surface area (Å²) in [6.45, 7) is 3.40. The molecule has 2 aromatic rings. The van der Waals surface area contributed by atoms with Crippen LogP contribution in [0.25, 0.3) is 0 Å². The maximum absolute atomic E-state index is 13.5. The Morgan fingerprint density at radius 3 is 2.85 bits per heavy atom. The molecule has 0 radical (unpaired) electrons. The number of carbonyl (C=O) groups excluding carboxylic acids is 1. The zero-order chi connectivity index (χ0) is 14.5. The number of Topliss-reactive ketones (excluding diaryl/α,β-unsaturated/α-hetero) is 1. The van der Waals surface area contributed by atoms with Gasteiger partial charge in [0.15, 0.2) is 5.82 Å². The highest BCUT2D eigenvalue weighted by Gasteiger charge is 2.21. The third-order valence-corrected chi connectivity index (χ3v) is 3.92. The number of nitrogens with zero attached hydrogens (tertiary/aromatic N) is 2. The monoisotopic (exact) mass is 294 g/mol. The summed E-state index contributed by atoms with van der Waals surface area (Å²) in [5.74, 6) is 0.589. The van der Waals surface area contributed by atoms with Crippen LogP contribution in [0.2, 0.25) is 0 Å². The molecule has 0 amide bonds. The van der Waals surface area contributed by atoms with E-state index >= 15 is 0 Å². The molecule has 0 bridgehead atoms. The zero-order valence-corrected chi connectivity index (χ0v) is 12.1. The molecule has 0 N–H and O–H groups in total. The number of aromatic nitrogens is 2. The summed E-state index contributed by atoms with van der Waals surface area (Å²) < 4.78 is 18.6. The lowest BCUT2D eigenvalue weighted by molar-refractivity contribution is -0.119. The summed E-state index contributed by atoms with van der Waals surface area (Å²) >= 11 is 1.30. The van der Waals surface area contributed by atoms with E-state index in [1.54, 1.807) is 18.2 Å². The molecule has 1 aromatic heterocycles. The van der Waals surface area contributed by atoms with Crippen LogP contribution in [-0.4, -0.2) is 15.9 Å². The highest BCUT2D eigenvalue weighted by atomic mass is 32.2. The Labute approximate surface area is 120 Å². The van der Waals surface area contributed by atoms with Crippen molar-refractivity contribution in [3.63, 3.8) is 0 Å². The van der Waals surface area contributed by atoms with Gasteiger partial charge in [0.25, 0.3) is 0 Å². The lowest BCUT2D eigenvalue weighted by Crippen LogP contribution is -2.07. The van der Waals surface area contributed by atoms with Crippen LogP contribution in [0, 0.1) is 5.82 Å². The van der Waals surface area contributed by atoms with Gasteiger partial charge in [0, 0.05) is 4.90 Å². The van der Waals surface area contributed by atoms with Gasteiger partial charge in [-0.3, -0.25) is 4.79 Å². The van der Waals surface area contributed by atoms with E-state index < -0.39 is 0 Å². The molecule has 0 fully saturated rings. The Hall–Kier alpha value is -1.69. The molecule has 0 saturated heterocycles. The summed E-state index contributed by atoms with van der Waals surface area (Å²) in [6, 6.07) is 6.53. The number of ketones is 1. The first-order valence-corrected chi connectivity index (χ1v) is 7.30. The third kappa shape index (κ3) is 3.45. The lowest BCUT2D eigenvalue weighted by atomic mass is 10.0. The number of benzene rings is 1. The van der Waals surface area contributed by atoms with Gasteiger partial charge < -0.3 is 4.52 Å². The number of carbonyl (C=O) groups is 1. The number of hydrogen-bond acceptors (Lipinski definition) is 5. The Kier molecular flexibility index (Phi) is 4.89. The van der Waals surface area contributed by atoms with E-state index in [1.165, 1.54) is 24.8 Å². The van der Waals surface area contributed by atoms with Gasteiger partial charge >= 0.3 is 0 Å². The molecular weight excluding hydrogens is 279 g/mol. The van der Waals surface area contributed by atoms with Gasteiger partial charge in [-0.1, -0.05) is 24.2 Å². The molecule has 0 aliphatic heterocycles. The molecule has 1 unspecified atom stereocenters. The molecule has 0 spiro atoms. The first-order chi connectivity index (χ1) is 9.61. The van der Waals surface area contributed by atoms with Crippen LogP contribution in [0.1, 0.15) is 37.9 Å². The van der Waals surface area contributed by atoms with E-state index in [9.17, 15) is 9.18 Å². The van der Waals surface area contributed by atoms with Crippen LogP contribution in [0.15, 0.2) is 33.7 Å².